The average Bonchev–Trinajstić information content (AvgIpc) is 2.36. The van der Waals surface area contributed by atoms with Crippen molar-refractivity contribution in [2.45, 2.75) is 19.4 Å². The Morgan fingerprint density at radius 1 is 1.40 bits per heavy atom. The zero-order valence-corrected chi connectivity index (χ0v) is 11.6. The lowest BCUT2D eigenvalue weighted by molar-refractivity contribution is -0.143. The average molecular weight is 299 g/mol. The number of hydrogen-bond donors (Lipinski definition) is 1. The largest absolute Gasteiger partial charge is 0.315 e. The Balaban J connectivity index is 2.38. The van der Waals surface area contributed by atoms with Gasteiger partial charge in [0, 0.05) is 5.56 Å². The van der Waals surface area contributed by atoms with Crippen molar-refractivity contribution in [3.8, 4) is 0 Å². The molecular weight excluding hydrogens is 287 g/mol. The predicted molar refractivity (Wildman–Crippen MR) is 69.7 cm³/mol. The van der Waals surface area contributed by atoms with E-state index >= 15 is 0 Å². The molecule has 0 aromatic heterocycles. The van der Waals surface area contributed by atoms with Gasteiger partial charge in [0.15, 0.2) is 0 Å². The molecule has 0 saturated carbocycles. The molecule has 0 radical (unpaired) electrons. The number of rotatable bonds is 1. The Labute approximate surface area is 119 Å². The molecule has 20 heavy (non-hydrogen) atoms. The van der Waals surface area contributed by atoms with Crippen LogP contribution in [0.15, 0.2) is 18.2 Å². The zero-order valence-electron chi connectivity index (χ0n) is 10.9. The van der Waals surface area contributed by atoms with Gasteiger partial charge < -0.3 is 4.90 Å². The van der Waals surface area contributed by atoms with Gasteiger partial charge in [0.05, 0.1) is 5.02 Å². The molecule has 0 atom stereocenters. The summed E-state index contributed by atoms with van der Waals surface area (Å²) in [6.45, 7) is 2.81. The molecule has 1 heterocycles. The van der Waals surface area contributed by atoms with Crippen molar-refractivity contribution in [1.29, 1.82) is 0 Å². The minimum Gasteiger partial charge on any atom is -0.315 e. The fraction of sp³-hybridized carbons (Fsp3) is 0.308. The second kappa shape index (κ2) is 4.86. The van der Waals surface area contributed by atoms with Crippen molar-refractivity contribution >= 4 is 29.3 Å². The van der Waals surface area contributed by atoms with Crippen LogP contribution >= 0.6 is 11.6 Å². The van der Waals surface area contributed by atoms with Crippen LogP contribution in [0, 0.1) is 5.82 Å². The van der Waals surface area contributed by atoms with Gasteiger partial charge >= 0.3 is 0 Å². The Hall–Kier alpha value is -1.95. The van der Waals surface area contributed by atoms with Crippen LogP contribution in [0.5, 0.6) is 0 Å². The number of carbonyl (C=O) groups is 3. The van der Waals surface area contributed by atoms with E-state index in [2.05, 4.69) is 5.32 Å². The molecule has 5 nitrogen and oxygen atoms in total. The summed E-state index contributed by atoms with van der Waals surface area (Å²) < 4.78 is 13.1. The second-order valence-electron chi connectivity index (χ2n) is 4.96. The highest BCUT2D eigenvalue weighted by Gasteiger charge is 2.43. The quantitative estimate of drug-likeness (QED) is 0.796. The lowest BCUT2D eigenvalue weighted by atomic mass is 9.97. The van der Waals surface area contributed by atoms with Crippen molar-refractivity contribution in [2.24, 2.45) is 0 Å². The van der Waals surface area contributed by atoms with Gasteiger partial charge in [-0.15, -0.1) is 0 Å². The Morgan fingerprint density at radius 2 is 2.05 bits per heavy atom. The number of benzene rings is 1. The smallest absolute Gasteiger partial charge is 0.255 e. The van der Waals surface area contributed by atoms with E-state index in [1.807, 2.05) is 0 Å². The van der Waals surface area contributed by atoms with E-state index < -0.39 is 29.1 Å². The molecule has 1 N–H and O–H groups in total. The number of amides is 3. The number of nitrogens with one attached hydrogen (secondary N) is 1. The standard InChI is InChI=1S/C13H12ClFN2O3/c1-13(2)12(20)16-10(18)6-17(13)11(19)7-3-4-9(15)8(14)5-7/h3-5H,6H2,1-2H3,(H,16,18,20). The number of halogens is 2. The summed E-state index contributed by atoms with van der Waals surface area (Å²) in [4.78, 5) is 36.7. The summed E-state index contributed by atoms with van der Waals surface area (Å²) in [5.74, 6) is -2.32. The van der Waals surface area contributed by atoms with E-state index in [1.165, 1.54) is 26.0 Å². The third kappa shape index (κ3) is 2.38. The Bertz CT molecular complexity index is 616. The monoisotopic (exact) mass is 298 g/mol. The summed E-state index contributed by atoms with van der Waals surface area (Å²) in [5.41, 5.74) is -1.06. The molecule has 0 bridgehead atoms. The number of imide groups is 1. The molecule has 1 aromatic carbocycles. The van der Waals surface area contributed by atoms with Crippen LogP contribution in [0.2, 0.25) is 5.02 Å². The van der Waals surface area contributed by atoms with Gasteiger partial charge in [-0.2, -0.15) is 0 Å². The number of piperazine rings is 1. The Kier molecular flexibility index (Phi) is 3.52. The van der Waals surface area contributed by atoms with E-state index in [-0.39, 0.29) is 17.1 Å². The van der Waals surface area contributed by atoms with Gasteiger partial charge in [0.2, 0.25) is 5.91 Å². The molecule has 3 amide bonds. The molecule has 2 rings (SSSR count). The summed E-state index contributed by atoms with van der Waals surface area (Å²) in [5, 5.41) is 1.98. The fourth-order valence-corrected chi connectivity index (χ4v) is 2.07. The SMILES string of the molecule is CC1(C)C(=O)NC(=O)CN1C(=O)c1ccc(F)c(Cl)c1. The Morgan fingerprint density at radius 3 is 2.65 bits per heavy atom. The predicted octanol–water partition coefficient (Wildman–Crippen LogP) is 1.36. The van der Waals surface area contributed by atoms with Crippen LogP contribution in [0.4, 0.5) is 4.39 Å². The van der Waals surface area contributed by atoms with Crippen molar-refractivity contribution in [1.82, 2.24) is 10.2 Å². The minimum absolute atomic E-state index is 0.118. The van der Waals surface area contributed by atoms with E-state index in [0.717, 1.165) is 11.0 Å². The summed E-state index contributed by atoms with van der Waals surface area (Å²) >= 11 is 5.63. The maximum absolute atomic E-state index is 13.1. The van der Waals surface area contributed by atoms with Crippen LogP contribution in [-0.2, 0) is 9.59 Å². The molecule has 0 aliphatic carbocycles. The van der Waals surface area contributed by atoms with Crippen molar-refractivity contribution in [3.05, 3.63) is 34.6 Å². The maximum Gasteiger partial charge on any atom is 0.255 e. The normalized spacial score (nSPS) is 17.9. The summed E-state index contributed by atoms with van der Waals surface area (Å²) in [7, 11) is 0. The molecule has 106 valence electrons. The first-order valence-corrected chi connectivity index (χ1v) is 6.22. The van der Waals surface area contributed by atoms with Gasteiger partial charge in [0.25, 0.3) is 11.8 Å². The van der Waals surface area contributed by atoms with Gasteiger partial charge in [-0.05, 0) is 32.0 Å². The third-order valence-electron chi connectivity index (χ3n) is 3.20. The molecule has 1 aliphatic rings. The first kappa shape index (κ1) is 14.5. The van der Waals surface area contributed by atoms with Crippen molar-refractivity contribution < 1.29 is 18.8 Å². The molecule has 1 aliphatic heterocycles. The number of nitrogens with zero attached hydrogens (tertiary/aromatic N) is 1. The van der Waals surface area contributed by atoms with E-state index in [0.29, 0.717) is 0 Å². The zero-order chi connectivity index (χ0) is 15.1. The van der Waals surface area contributed by atoms with Crippen LogP contribution in [0.25, 0.3) is 0 Å². The summed E-state index contributed by atoms with van der Waals surface area (Å²) in [6.07, 6.45) is 0. The minimum atomic E-state index is -1.17. The lowest BCUT2D eigenvalue weighted by Crippen LogP contribution is -2.65. The van der Waals surface area contributed by atoms with E-state index in [4.69, 9.17) is 11.6 Å². The van der Waals surface area contributed by atoms with Crippen LogP contribution in [0.3, 0.4) is 0 Å². The highest BCUT2D eigenvalue weighted by atomic mass is 35.5. The third-order valence-corrected chi connectivity index (χ3v) is 3.49. The van der Waals surface area contributed by atoms with Gasteiger partial charge in [-0.25, -0.2) is 4.39 Å². The van der Waals surface area contributed by atoms with Gasteiger partial charge in [0.1, 0.15) is 17.9 Å². The lowest BCUT2D eigenvalue weighted by Gasteiger charge is -2.40. The topological polar surface area (TPSA) is 66.5 Å². The highest BCUT2D eigenvalue weighted by molar-refractivity contribution is 6.31. The van der Waals surface area contributed by atoms with Crippen LogP contribution < -0.4 is 5.32 Å². The van der Waals surface area contributed by atoms with E-state index in [1.54, 1.807) is 0 Å². The van der Waals surface area contributed by atoms with Crippen molar-refractivity contribution in [2.75, 3.05) is 6.54 Å². The number of hydrogen-bond acceptors (Lipinski definition) is 3. The van der Waals surface area contributed by atoms with Crippen LogP contribution in [0.1, 0.15) is 24.2 Å². The molecule has 1 fully saturated rings. The number of carbonyl (C=O) groups excluding carboxylic acids is 3. The van der Waals surface area contributed by atoms with Gasteiger partial charge in [-0.3, -0.25) is 19.7 Å². The maximum atomic E-state index is 13.1. The first-order valence-electron chi connectivity index (χ1n) is 5.85. The molecule has 1 aromatic rings. The molecular formula is C13H12ClFN2O3. The first-order chi connectivity index (χ1) is 9.23. The second-order valence-corrected chi connectivity index (χ2v) is 5.36. The highest BCUT2D eigenvalue weighted by Crippen LogP contribution is 2.23. The van der Waals surface area contributed by atoms with Crippen molar-refractivity contribution in [3.63, 3.8) is 0 Å². The molecule has 7 heteroatoms. The van der Waals surface area contributed by atoms with Crippen LogP contribution in [-0.4, -0.2) is 34.7 Å². The summed E-state index contributed by atoms with van der Waals surface area (Å²) in [6, 6.07) is 3.50. The molecule has 0 spiro atoms. The molecule has 1 saturated heterocycles. The van der Waals surface area contributed by atoms with Gasteiger partial charge in [-0.1, -0.05) is 11.6 Å². The fourth-order valence-electron chi connectivity index (χ4n) is 1.89. The molecule has 0 unspecified atom stereocenters. The van der Waals surface area contributed by atoms with E-state index in [9.17, 15) is 18.8 Å².